The highest BCUT2D eigenvalue weighted by Crippen LogP contribution is 2.30. The number of benzene rings is 1. The van der Waals surface area contributed by atoms with Crippen LogP contribution in [0.2, 0.25) is 0 Å². The van der Waals surface area contributed by atoms with E-state index in [-0.39, 0.29) is 11.3 Å². The first-order valence-corrected chi connectivity index (χ1v) is 11.1. The maximum Gasteiger partial charge on any atom is 0.251 e. The second-order valence-electron chi connectivity index (χ2n) is 8.71. The summed E-state index contributed by atoms with van der Waals surface area (Å²) in [5, 5.41) is 14.6. The lowest BCUT2D eigenvalue weighted by molar-refractivity contribution is 0.0951. The number of carbonyl (C=O) groups is 1. The fourth-order valence-corrected chi connectivity index (χ4v) is 4.24. The van der Waals surface area contributed by atoms with Crippen LogP contribution in [-0.4, -0.2) is 26.1 Å². The third-order valence-corrected chi connectivity index (χ3v) is 5.81. The van der Waals surface area contributed by atoms with E-state index in [4.69, 9.17) is 0 Å². The minimum atomic E-state index is -0.101. The van der Waals surface area contributed by atoms with Gasteiger partial charge in [-0.25, -0.2) is 4.98 Å². The number of H-pyrrole nitrogens is 2. The number of aromatic amines is 2. The lowest BCUT2D eigenvalue weighted by Crippen LogP contribution is -2.22. The summed E-state index contributed by atoms with van der Waals surface area (Å²) >= 11 is 1.53. The van der Waals surface area contributed by atoms with Gasteiger partial charge in [0.1, 0.15) is 10.7 Å². The summed E-state index contributed by atoms with van der Waals surface area (Å²) in [6.45, 7) is 9.30. The molecule has 3 N–H and O–H groups in total. The van der Waals surface area contributed by atoms with Gasteiger partial charge in [0.2, 0.25) is 0 Å². The van der Waals surface area contributed by atoms with E-state index in [1.165, 1.54) is 22.6 Å². The molecule has 0 saturated carbocycles. The van der Waals surface area contributed by atoms with Crippen LogP contribution in [0.5, 0.6) is 0 Å². The predicted octanol–water partition coefficient (Wildman–Crippen LogP) is 5.10. The second-order valence-corrected chi connectivity index (χ2v) is 9.69. The fourth-order valence-electron chi connectivity index (χ4n) is 3.68. The average Bonchev–Trinajstić information content (AvgIpc) is 3.43. The number of rotatable bonds is 6. The van der Waals surface area contributed by atoms with Gasteiger partial charge in [0.25, 0.3) is 5.91 Å². The Bertz CT molecular complexity index is 1160. The molecule has 3 heterocycles. The number of nitrogens with one attached hydrogen (secondary N) is 3. The Morgan fingerprint density at radius 3 is 2.77 bits per heavy atom. The summed E-state index contributed by atoms with van der Waals surface area (Å²) in [6.07, 6.45) is 3.61. The smallest absolute Gasteiger partial charge is 0.251 e. The molecule has 0 aliphatic carbocycles. The van der Waals surface area contributed by atoms with Crippen LogP contribution in [0.4, 0.5) is 0 Å². The van der Waals surface area contributed by atoms with Crippen LogP contribution in [0, 0.1) is 5.41 Å². The molecule has 7 heteroatoms. The maximum atomic E-state index is 12.5. The number of nitrogens with zero attached hydrogens (tertiary/aromatic N) is 2. The zero-order chi connectivity index (χ0) is 21.3. The van der Waals surface area contributed by atoms with Crippen molar-refractivity contribution < 1.29 is 4.79 Å². The standard InChI is InChI=1S/C23H27N5OS/c1-5-16-19(12-23(2,3)4)27-28-21(16)18-11-15-10-14(6-7-17(15)26-18)22(29)25-13-20-24-8-9-30-20/h6-11,26H,5,12-13H2,1-4H3,(H,25,29)(H,27,28). The molecule has 0 radical (unpaired) electrons. The molecular formula is C23H27N5OS. The molecule has 6 nitrogen and oxygen atoms in total. The van der Waals surface area contributed by atoms with Gasteiger partial charge in [0.05, 0.1) is 12.2 Å². The maximum absolute atomic E-state index is 12.5. The number of hydrogen-bond donors (Lipinski definition) is 3. The van der Waals surface area contributed by atoms with E-state index >= 15 is 0 Å². The Hall–Kier alpha value is -2.93. The first kappa shape index (κ1) is 20.3. The number of thiazole rings is 1. The molecule has 0 saturated heterocycles. The molecule has 156 valence electrons. The van der Waals surface area contributed by atoms with Crippen LogP contribution in [0.1, 0.15) is 54.3 Å². The van der Waals surface area contributed by atoms with Gasteiger partial charge in [-0.2, -0.15) is 5.10 Å². The van der Waals surface area contributed by atoms with E-state index in [9.17, 15) is 4.79 Å². The van der Waals surface area contributed by atoms with Gasteiger partial charge in [-0.15, -0.1) is 11.3 Å². The molecule has 1 aromatic carbocycles. The van der Waals surface area contributed by atoms with E-state index in [1.807, 2.05) is 23.6 Å². The van der Waals surface area contributed by atoms with Gasteiger partial charge in [0, 0.05) is 39.3 Å². The number of carbonyl (C=O) groups excluding carboxylic acids is 1. The molecule has 4 aromatic rings. The Morgan fingerprint density at radius 1 is 1.23 bits per heavy atom. The van der Waals surface area contributed by atoms with Crippen molar-refractivity contribution in [3.63, 3.8) is 0 Å². The molecule has 30 heavy (non-hydrogen) atoms. The predicted molar refractivity (Wildman–Crippen MR) is 122 cm³/mol. The number of amides is 1. The van der Waals surface area contributed by atoms with Crippen molar-refractivity contribution in [3.05, 3.63) is 57.7 Å². The van der Waals surface area contributed by atoms with E-state index in [0.717, 1.165) is 40.1 Å². The Morgan fingerprint density at radius 2 is 2.07 bits per heavy atom. The van der Waals surface area contributed by atoms with Crippen molar-refractivity contribution in [3.8, 4) is 11.4 Å². The molecular weight excluding hydrogens is 394 g/mol. The summed E-state index contributed by atoms with van der Waals surface area (Å²) in [5.74, 6) is -0.101. The van der Waals surface area contributed by atoms with Crippen LogP contribution in [0.25, 0.3) is 22.3 Å². The Kier molecular flexibility index (Phi) is 5.47. The summed E-state index contributed by atoms with van der Waals surface area (Å²) < 4.78 is 0. The monoisotopic (exact) mass is 421 g/mol. The zero-order valence-electron chi connectivity index (χ0n) is 17.8. The van der Waals surface area contributed by atoms with Crippen molar-refractivity contribution in [1.29, 1.82) is 0 Å². The highest BCUT2D eigenvalue weighted by Gasteiger charge is 2.20. The summed E-state index contributed by atoms with van der Waals surface area (Å²) in [4.78, 5) is 20.2. The molecule has 1 amide bonds. The quantitative estimate of drug-likeness (QED) is 0.405. The molecule has 0 spiro atoms. The Balaban J connectivity index is 1.59. The summed E-state index contributed by atoms with van der Waals surface area (Å²) in [7, 11) is 0. The van der Waals surface area contributed by atoms with Crippen molar-refractivity contribution in [2.45, 2.75) is 47.1 Å². The van der Waals surface area contributed by atoms with Crippen molar-refractivity contribution in [2.24, 2.45) is 5.41 Å². The molecule has 0 fully saturated rings. The van der Waals surface area contributed by atoms with Crippen LogP contribution in [-0.2, 0) is 19.4 Å². The minimum Gasteiger partial charge on any atom is -0.353 e. The molecule has 0 aliphatic rings. The first-order chi connectivity index (χ1) is 14.3. The Labute approximate surface area is 180 Å². The largest absolute Gasteiger partial charge is 0.353 e. The molecule has 4 rings (SSSR count). The number of aromatic nitrogens is 4. The summed E-state index contributed by atoms with van der Waals surface area (Å²) in [6, 6.07) is 7.78. The van der Waals surface area contributed by atoms with E-state index < -0.39 is 0 Å². The van der Waals surface area contributed by atoms with Gasteiger partial charge in [0.15, 0.2) is 0 Å². The van der Waals surface area contributed by atoms with E-state index in [1.54, 1.807) is 6.20 Å². The number of fused-ring (bicyclic) bond motifs is 1. The van der Waals surface area contributed by atoms with Crippen LogP contribution < -0.4 is 5.32 Å². The van der Waals surface area contributed by atoms with Crippen molar-refractivity contribution in [1.82, 2.24) is 25.5 Å². The van der Waals surface area contributed by atoms with Gasteiger partial charge < -0.3 is 10.3 Å². The van der Waals surface area contributed by atoms with Gasteiger partial charge in [-0.3, -0.25) is 9.89 Å². The third kappa shape index (κ3) is 4.31. The molecule has 0 atom stereocenters. The van der Waals surface area contributed by atoms with Gasteiger partial charge in [-0.05, 0) is 42.5 Å². The SMILES string of the molecule is CCc1c(-c2cc3cc(C(=O)NCc4nccs4)ccc3[nH]2)n[nH]c1CC(C)(C)C. The van der Waals surface area contributed by atoms with E-state index in [0.29, 0.717) is 12.1 Å². The minimum absolute atomic E-state index is 0.101. The van der Waals surface area contributed by atoms with Crippen LogP contribution >= 0.6 is 11.3 Å². The van der Waals surface area contributed by atoms with Crippen LogP contribution in [0.3, 0.4) is 0 Å². The molecule has 0 aliphatic heterocycles. The van der Waals surface area contributed by atoms with Crippen LogP contribution in [0.15, 0.2) is 35.8 Å². The highest BCUT2D eigenvalue weighted by atomic mass is 32.1. The highest BCUT2D eigenvalue weighted by molar-refractivity contribution is 7.09. The summed E-state index contributed by atoms with van der Waals surface area (Å²) in [5.41, 5.74) is 6.19. The van der Waals surface area contributed by atoms with Crippen molar-refractivity contribution in [2.75, 3.05) is 0 Å². The molecule has 3 aromatic heterocycles. The van der Waals surface area contributed by atoms with Gasteiger partial charge in [-0.1, -0.05) is 27.7 Å². The van der Waals surface area contributed by atoms with Gasteiger partial charge >= 0.3 is 0 Å². The van der Waals surface area contributed by atoms with E-state index in [2.05, 4.69) is 59.2 Å². The zero-order valence-corrected chi connectivity index (χ0v) is 18.6. The average molecular weight is 422 g/mol. The second kappa shape index (κ2) is 8.07. The molecule has 0 bridgehead atoms. The number of hydrogen-bond acceptors (Lipinski definition) is 4. The normalized spacial score (nSPS) is 11.9. The topological polar surface area (TPSA) is 86.5 Å². The lowest BCUT2D eigenvalue weighted by atomic mass is 9.88. The van der Waals surface area contributed by atoms with Crippen molar-refractivity contribution >= 4 is 28.1 Å². The first-order valence-electron chi connectivity index (χ1n) is 10.2. The molecule has 0 unspecified atom stereocenters. The fraction of sp³-hybridized carbons (Fsp3) is 0.348. The lowest BCUT2D eigenvalue weighted by Gasteiger charge is -2.17. The third-order valence-electron chi connectivity index (χ3n) is 5.04.